The number of hydrogen-bond acceptors (Lipinski definition) is 0. The van der Waals surface area contributed by atoms with Gasteiger partial charge in [-0.25, -0.2) is 0 Å². The van der Waals surface area contributed by atoms with E-state index in [2.05, 4.69) is 30.0 Å². The summed E-state index contributed by atoms with van der Waals surface area (Å²) in [5, 5.41) is 0. The summed E-state index contributed by atoms with van der Waals surface area (Å²) in [6.07, 6.45) is 0. The molecule has 1 nitrogen and oxygen atoms in total. The zero-order chi connectivity index (χ0) is 8.08. The summed E-state index contributed by atoms with van der Waals surface area (Å²) in [6.45, 7) is 6.81. The minimum atomic E-state index is 0.120. The summed E-state index contributed by atoms with van der Waals surface area (Å²) in [5.74, 6) is 0. The zero-order valence-corrected chi connectivity index (χ0v) is 9.45. The Morgan fingerprint density at radius 1 is 1.00 bits per heavy atom. The van der Waals surface area contributed by atoms with Crippen LogP contribution in [-0.4, -0.2) is 44.5 Å². The third-order valence-corrected chi connectivity index (χ3v) is 0. The van der Waals surface area contributed by atoms with Crippen molar-refractivity contribution in [3.8, 4) is 0 Å². The SMILES string of the molecule is C[N+](C)(C)[Si].C[Si-](C)C. The van der Waals surface area contributed by atoms with Gasteiger partial charge in [0.1, 0.15) is 0 Å². The van der Waals surface area contributed by atoms with Gasteiger partial charge in [-0.1, -0.05) is 0 Å². The minimum absolute atomic E-state index is 0.120. The summed E-state index contributed by atoms with van der Waals surface area (Å²) in [4.78, 5) is 0. The van der Waals surface area contributed by atoms with Crippen molar-refractivity contribution in [3.63, 3.8) is 0 Å². The van der Waals surface area contributed by atoms with Gasteiger partial charge >= 0.3 is 10.4 Å². The monoisotopic (exact) mass is 160 g/mol. The Bertz CT molecular complexity index is 47.8. The van der Waals surface area contributed by atoms with Crippen LogP contribution in [0.2, 0.25) is 19.6 Å². The molecule has 0 aliphatic heterocycles. The third-order valence-electron chi connectivity index (χ3n) is 0. The first kappa shape index (κ1) is 12.1. The number of rotatable bonds is 0. The quantitative estimate of drug-likeness (QED) is 0.466. The number of quaternary nitrogens is 1. The fourth-order valence-electron chi connectivity index (χ4n) is 0. The predicted molar refractivity (Wildman–Crippen MR) is 47.1 cm³/mol. The molecule has 3 radical (unpaired) electrons. The van der Waals surface area contributed by atoms with E-state index in [4.69, 9.17) is 0 Å². The predicted octanol–water partition coefficient (Wildman–Crippen LogP) is 1.15. The van der Waals surface area contributed by atoms with Gasteiger partial charge in [0.05, 0.1) is 21.1 Å². The van der Waals surface area contributed by atoms with Crippen LogP contribution >= 0.6 is 0 Å². The molecule has 0 aliphatic carbocycles. The van der Waals surface area contributed by atoms with E-state index in [-0.39, 0.29) is 8.80 Å². The molecule has 0 atom stereocenters. The molecule has 0 bridgehead atoms. The van der Waals surface area contributed by atoms with Crippen LogP contribution in [0.1, 0.15) is 0 Å². The molecule has 55 valence electrons. The van der Waals surface area contributed by atoms with E-state index in [0.29, 0.717) is 0 Å². The van der Waals surface area contributed by atoms with E-state index in [1.165, 1.54) is 0 Å². The van der Waals surface area contributed by atoms with Gasteiger partial charge in [-0.3, -0.25) is 8.80 Å². The highest BCUT2D eigenvalue weighted by atomic mass is 28.3. The van der Waals surface area contributed by atoms with E-state index in [0.717, 1.165) is 4.15 Å². The maximum Gasteiger partial charge on any atom is 0.449 e. The normalized spacial score (nSPS) is 10.7. The van der Waals surface area contributed by atoms with Gasteiger partial charge in [-0.15, -0.1) is 0 Å². The van der Waals surface area contributed by atoms with Crippen LogP contribution in [0.5, 0.6) is 0 Å². The van der Waals surface area contributed by atoms with Gasteiger partial charge < -0.3 is 4.15 Å². The lowest BCUT2D eigenvalue weighted by Gasteiger charge is -2.14. The highest BCUT2D eigenvalue weighted by molar-refractivity contribution is 6.54. The summed E-state index contributed by atoms with van der Waals surface area (Å²) in [7, 11) is 9.59. The highest BCUT2D eigenvalue weighted by Crippen LogP contribution is 1.71. The smallest absolute Gasteiger partial charge is 0.386 e. The van der Waals surface area contributed by atoms with E-state index in [9.17, 15) is 0 Å². The van der Waals surface area contributed by atoms with Crippen molar-refractivity contribution in [1.82, 2.24) is 0 Å². The van der Waals surface area contributed by atoms with E-state index in [1.54, 1.807) is 0 Å². The Balaban J connectivity index is 0. The Hall–Kier alpha value is 0.394. The molecule has 0 heterocycles. The van der Waals surface area contributed by atoms with Crippen molar-refractivity contribution in [2.45, 2.75) is 19.6 Å². The van der Waals surface area contributed by atoms with Crippen molar-refractivity contribution < 1.29 is 4.15 Å². The van der Waals surface area contributed by atoms with Crippen molar-refractivity contribution in [1.29, 1.82) is 0 Å². The lowest BCUT2D eigenvalue weighted by Crippen LogP contribution is -2.29. The molecule has 0 N–H and O–H groups in total. The first-order valence-corrected chi connectivity index (χ1v) is 6.51. The largest absolute Gasteiger partial charge is 0.449 e. The maximum atomic E-state index is 3.36. The Kier molecular flexibility index (Phi) is 7.00. The fourth-order valence-corrected chi connectivity index (χ4v) is 0. The van der Waals surface area contributed by atoms with Crippen LogP contribution in [0.3, 0.4) is 0 Å². The van der Waals surface area contributed by atoms with Crippen molar-refractivity contribution in [2.75, 3.05) is 21.1 Å². The molecule has 0 aromatic rings. The van der Waals surface area contributed by atoms with E-state index < -0.39 is 0 Å². The van der Waals surface area contributed by atoms with Gasteiger partial charge in [-0.05, 0) is 0 Å². The van der Waals surface area contributed by atoms with Crippen LogP contribution in [-0.2, 0) is 0 Å². The average molecular weight is 160 g/mol. The Morgan fingerprint density at radius 3 is 1.00 bits per heavy atom. The minimum Gasteiger partial charge on any atom is -0.386 e. The first-order chi connectivity index (χ1) is 3.73. The molecule has 0 amide bonds. The Labute approximate surface area is 64.8 Å². The number of nitrogens with zero attached hydrogens (tertiary/aromatic N) is 1. The molecule has 9 heavy (non-hydrogen) atoms. The lowest BCUT2D eigenvalue weighted by molar-refractivity contribution is -0.749. The second-order valence-electron chi connectivity index (χ2n) is 3.51. The van der Waals surface area contributed by atoms with E-state index >= 15 is 0 Å². The van der Waals surface area contributed by atoms with Crippen molar-refractivity contribution in [3.05, 3.63) is 0 Å². The fraction of sp³-hybridized carbons (Fsp3) is 1.00. The first-order valence-electron chi connectivity index (χ1n) is 3.07. The van der Waals surface area contributed by atoms with Gasteiger partial charge in [0.25, 0.3) is 0 Å². The molecule has 0 saturated carbocycles. The molecule has 0 unspecified atom stereocenters. The second-order valence-corrected chi connectivity index (χ2v) is 7.85. The molecular weight excluding hydrogens is 142 g/mol. The van der Waals surface area contributed by atoms with E-state index in [1.807, 2.05) is 21.1 Å². The summed E-state index contributed by atoms with van der Waals surface area (Å²) in [5.41, 5.74) is 0. The molecular formula is C6H18NSi2. The number of hydrogen-bond donors (Lipinski definition) is 0. The average Bonchev–Trinajstić information content (AvgIpc) is 1.19. The molecule has 0 fully saturated rings. The van der Waals surface area contributed by atoms with Crippen LogP contribution in [0.25, 0.3) is 0 Å². The zero-order valence-electron chi connectivity index (χ0n) is 7.45. The summed E-state index contributed by atoms with van der Waals surface area (Å²) >= 11 is 0. The van der Waals surface area contributed by atoms with Crippen molar-refractivity contribution >= 4 is 19.2 Å². The van der Waals surface area contributed by atoms with Crippen LogP contribution in [0.4, 0.5) is 0 Å². The molecule has 3 heteroatoms. The highest BCUT2D eigenvalue weighted by Gasteiger charge is 1.91. The Morgan fingerprint density at radius 2 is 1.00 bits per heavy atom. The van der Waals surface area contributed by atoms with Crippen LogP contribution in [0.15, 0.2) is 0 Å². The maximum absolute atomic E-state index is 3.36. The molecule has 0 spiro atoms. The van der Waals surface area contributed by atoms with Crippen molar-refractivity contribution in [2.24, 2.45) is 0 Å². The second kappa shape index (κ2) is 5.20. The third kappa shape index (κ3) is 2210. The molecule has 0 aromatic heterocycles. The van der Waals surface area contributed by atoms with Gasteiger partial charge in [0, 0.05) is 0 Å². The molecule has 0 saturated heterocycles. The lowest BCUT2D eigenvalue weighted by atomic mass is 11.0. The molecule has 0 aromatic carbocycles. The molecule has 0 aliphatic rings. The van der Waals surface area contributed by atoms with Gasteiger partial charge in [0.15, 0.2) is 0 Å². The summed E-state index contributed by atoms with van der Waals surface area (Å²) < 4.78 is 0.806. The van der Waals surface area contributed by atoms with Gasteiger partial charge in [-0.2, -0.15) is 19.6 Å². The van der Waals surface area contributed by atoms with Crippen LogP contribution < -0.4 is 0 Å². The standard InChI is InChI=1S/C3H9NSi.C3H9Si/c1-4(2,3)5;1-4(2)3/h1-3H3;1-3H3/q+1;-1. The summed E-state index contributed by atoms with van der Waals surface area (Å²) in [6, 6.07) is 0. The van der Waals surface area contributed by atoms with Gasteiger partial charge in [0.2, 0.25) is 0 Å². The topological polar surface area (TPSA) is 0 Å². The van der Waals surface area contributed by atoms with Crippen LogP contribution in [0, 0.1) is 0 Å². The molecule has 0 rings (SSSR count).